The average molecular weight is 704 g/mol. The fourth-order valence-electron chi connectivity index (χ4n) is 6.48. The van der Waals surface area contributed by atoms with Crippen LogP contribution in [0, 0.1) is 0 Å². The van der Waals surface area contributed by atoms with Crippen molar-refractivity contribution in [3.05, 3.63) is 71.7 Å². The molecule has 2 aromatic carbocycles. The van der Waals surface area contributed by atoms with E-state index in [1.54, 1.807) is 25.3 Å². The highest BCUT2D eigenvalue weighted by atomic mass is 16.6. The Balaban J connectivity index is 1.20. The van der Waals surface area contributed by atoms with E-state index in [0.717, 1.165) is 61.2 Å². The van der Waals surface area contributed by atoms with Crippen molar-refractivity contribution in [2.45, 2.75) is 83.5 Å². The number of piperidine rings is 1. The zero-order valence-electron chi connectivity index (χ0n) is 30.7. The van der Waals surface area contributed by atoms with E-state index in [9.17, 15) is 9.59 Å². The predicted molar refractivity (Wildman–Crippen MR) is 196 cm³/mol. The van der Waals surface area contributed by atoms with Crippen molar-refractivity contribution in [2.24, 2.45) is 0 Å². The molecule has 2 atom stereocenters. The smallest absolute Gasteiger partial charge is 0.410 e. The van der Waals surface area contributed by atoms with E-state index in [1.165, 1.54) is 11.9 Å². The molecule has 2 amide bonds. The number of fused-ring (bicyclic) bond motifs is 1. The number of nitrogens with one attached hydrogen (secondary N) is 1. The lowest BCUT2D eigenvalue weighted by Crippen LogP contribution is -2.48. The van der Waals surface area contributed by atoms with Gasteiger partial charge in [0, 0.05) is 51.4 Å². The van der Waals surface area contributed by atoms with Crippen LogP contribution in [-0.2, 0) is 32.0 Å². The second kappa shape index (κ2) is 18.2. The van der Waals surface area contributed by atoms with Crippen molar-refractivity contribution in [3.63, 3.8) is 0 Å². The van der Waals surface area contributed by atoms with E-state index in [-0.39, 0.29) is 24.0 Å². The van der Waals surface area contributed by atoms with Gasteiger partial charge in [-0.05, 0) is 87.8 Å². The van der Waals surface area contributed by atoms with E-state index < -0.39 is 5.60 Å². The molecule has 0 bridgehead atoms. The molecule has 276 valence electrons. The summed E-state index contributed by atoms with van der Waals surface area (Å²) in [6, 6.07) is 14.5. The maximum Gasteiger partial charge on any atom is 0.410 e. The van der Waals surface area contributed by atoms with E-state index >= 15 is 0 Å². The van der Waals surface area contributed by atoms with Crippen molar-refractivity contribution in [3.8, 4) is 11.5 Å². The number of hydrogen-bond acceptors (Lipinski definition) is 10. The van der Waals surface area contributed by atoms with Gasteiger partial charge in [0.1, 0.15) is 17.7 Å². The molecule has 5 rings (SSSR count). The van der Waals surface area contributed by atoms with E-state index in [2.05, 4.69) is 45.6 Å². The third kappa shape index (κ3) is 10.8. The molecule has 1 N–H and O–H groups in total. The Morgan fingerprint density at radius 3 is 2.61 bits per heavy atom. The third-order valence-corrected chi connectivity index (χ3v) is 9.09. The Labute approximate surface area is 301 Å². The highest BCUT2D eigenvalue weighted by Crippen LogP contribution is 2.34. The van der Waals surface area contributed by atoms with Crippen LogP contribution in [0.5, 0.6) is 11.5 Å². The molecule has 1 saturated heterocycles. The van der Waals surface area contributed by atoms with Crippen molar-refractivity contribution in [1.29, 1.82) is 0 Å². The van der Waals surface area contributed by atoms with Crippen LogP contribution in [0.2, 0.25) is 0 Å². The molecule has 0 spiro atoms. The molecule has 1 aromatic heterocycles. The van der Waals surface area contributed by atoms with Gasteiger partial charge in [0.2, 0.25) is 5.91 Å². The molecule has 2 aliphatic rings. The van der Waals surface area contributed by atoms with E-state index in [4.69, 9.17) is 23.7 Å². The molecule has 2 unspecified atom stereocenters. The number of methoxy groups -OCH3 is 2. The zero-order chi connectivity index (χ0) is 36.2. The first-order chi connectivity index (χ1) is 24.6. The number of aryl methyl sites for hydroxylation is 1. The summed E-state index contributed by atoms with van der Waals surface area (Å²) < 4.78 is 28.9. The van der Waals surface area contributed by atoms with Crippen LogP contribution in [0.3, 0.4) is 0 Å². The molecule has 0 aliphatic carbocycles. The number of carbonyl (C=O) groups is 2. The van der Waals surface area contributed by atoms with Crippen molar-refractivity contribution in [1.82, 2.24) is 14.9 Å². The fraction of sp³-hybridized carbons (Fsp3) is 0.538. The molecule has 3 aromatic rings. The fourth-order valence-corrected chi connectivity index (χ4v) is 6.48. The monoisotopic (exact) mass is 703 g/mol. The number of anilines is 2. The van der Waals surface area contributed by atoms with Gasteiger partial charge in [-0.25, -0.2) is 14.8 Å². The minimum Gasteiger partial charge on any atom is -0.494 e. The highest BCUT2D eigenvalue weighted by molar-refractivity contribution is 5.96. The van der Waals surface area contributed by atoms with Crippen molar-refractivity contribution >= 4 is 23.5 Å². The Hall–Kier alpha value is -4.42. The number of aromatic nitrogens is 2. The first kappa shape index (κ1) is 37.8. The lowest BCUT2D eigenvalue weighted by molar-refractivity contribution is -0.118. The first-order valence-corrected chi connectivity index (χ1v) is 18.0. The van der Waals surface area contributed by atoms with Gasteiger partial charge in [0.15, 0.2) is 11.6 Å². The van der Waals surface area contributed by atoms with Gasteiger partial charge in [0.05, 0.1) is 39.2 Å². The second-order valence-electron chi connectivity index (χ2n) is 14.0. The quantitative estimate of drug-likeness (QED) is 0.168. The van der Waals surface area contributed by atoms with Gasteiger partial charge in [-0.2, -0.15) is 0 Å². The molecular formula is C39H53N5O7. The number of hydrogen-bond donors (Lipinski definition) is 1. The summed E-state index contributed by atoms with van der Waals surface area (Å²) in [4.78, 5) is 37.8. The van der Waals surface area contributed by atoms with Crippen molar-refractivity contribution < 1.29 is 33.3 Å². The van der Waals surface area contributed by atoms with Gasteiger partial charge in [0.25, 0.3) is 0 Å². The normalized spacial score (nSPS) is 17.5. The summed E-state index contributed by atoms with van der Waals surface area (Å²) in [5.41, 5.74) is 3.67. The Kier molecular flexibility index (Phi) is 13.5. The number of unbranched alkanes of at least 4 members (excludes halogenated alkanes) is 1. The minimum absolute atomic E-state index is 0.0762. The largest absolute Gasteiger partial charge is 0.494 e. The Morgan fingerprint density at radius 2 is 1.84 bits per heavy atom. The summed E-state index contributed by atoms with van der Waals surface area (Å²) in [5.74, 6) is 2.33. The van der Waals surface area contributed by atoms with Crippen LogP contribution in [0.25, 0.3) is 0 Å². The van der Waals surface area contributed by atoms with Crippen LogP contribution in [0.4, 0.5) is 16.3 Å². The number of nitrogens with zero attached hydrogens (tertiary/aromatic N) is 4. The Bertz CT molecular complexity index is 1580. The maximum absolute atomic E-state index is 13.1. The minimum atomic E-state index is -0.587. The lowest BCUT2D eigenvalue weighted by Gasteiger charge is -2.39. The summed E-state index contributed by atoms with van der Waals surface area (Å²) in [6.45, 7) is 9.55. The number of ether oxygens (including phenoxy) is 5. The van der Waals surface area contributed by atoms with Gasteiger partial charge in [-0.1, -0.05) is 24.3 Å². The third-order valence-electron chi connectivity index (χ3n) is 9.09. The van der Waals surface area contributed by atoms with Gasteiger partial charge >= 0.3 is 6.09 Å². The van der Waals surface area contributed by atoms with Gasteiger partial charge < -0.3 is 38.8 Å². The van der Waals surface area contributed by atoms with Crippen molar-refractivity contribution in [2.75, 3.05) is 63.8 Å². The summed E-state index contributed by atoms with van der Waals surface area (Å²) in [6.07, 6.45) is 7.10. The van der Waals surface area contributed by atoms with Gasteiger partial charge in [-0.15, -0.1) is 0 Å². The summed E-state index contributed by atoms with van der Waals surface area (Å²) >= 11 is 0. The number of rotatable bonds is 16. The molecular weight excluding hydrogens is 650 g/mol. The molecule has 0 saturated carbocycles. The molecule has 1 fully saturated rings. The number of carbonyl (C=O) groups excluding carboxylic acids is 2. The van der Waals surface area contributed by atoms with Crippen LogP contribution in [-0.4, -0.2) is 92.2 Å². The van der Waals surface area contributed by atoms with Crippen LogP contribution in [0.15, 0.2) is 55.0 Å². The number of amides is 2. The molecule has 12 nitrogen and oxygen atoms in total. The van der Waals surface area contributed by atoms with Gasteiger partial charge in [-0.3, -0.25) is 4.79 Å². The first-order valence-electron chi connectivity index (χ1n) is 18.0. The maximum atomic E-state index is 13.1. The SMILES string of the molecule is COCCCN1C(=O)CCc2ccc(COC3CN(C(=O)OC(C)(C)C)CCC3c3ccc(OCCCCNc4ncncc4OC)cc3)cc21. The topological polar surface area (TPSA) is 125 Å². The number of likely N-dealkylation sites (tertiary alicyclic amines) is 1. The summed E-state index contributed by atoms with van der Waals surface area (Å²) in [5, 5.41) is 3.28. The molecule has 0 radical (unpaired) electrons. The molecule has 12 heteroatoms. The lowest BCUT2D eigenvalue weighted by atomic mass is 9.87. The van der Waals surface area contributed by atoms with Crippen LogP contribution >= 0.6 is 0 Å². The number of benzene rings is 2. The average Bonchev–Trinajstić information content (AvgIpc) is 3.12. The highest BCUT2D eigenvalue weighted by Gasteiger charge is 2.35. The zero-order valence-corrected chi connectivity index (χ0v) is 30.7. The second-order valence-corrected chi connectivity index (χ2v) is 14.0. The summed E-state index contributed by atoms with van der Waals surface area (Å²) in [7, 11) is 3.28. The van der Waals surface area contributed by atoms with Crippen LogP contribution < -0.4 is 19.7 Å². The van der Waals surface area contributed by atoms with Crippen LogP contribution in [0.1, 0.15) is 75.5 Å². The Morgan fingerprint density at radius 1 is 1.02 bits per heavy atom. The molecule has 2 aliphatic heterocycles. The molecule has 3 heterocycles. The molecule has 51 heavy (non-hydrogen) atoms. The van der Waals surface area contributed by atoms with E-state index in [0.29, 0.717) is 57.4 Å². The predicted octanol–water partition coefficient (Wildman–Crippen LogP) is 6.38. The van der Waals surface area contributed by atoms with E-state index in [1.807, 2.05) is 37.8 Å². The standard InChI is InChI=1S/C39H53N5O7/c1-39(2,3)51-38(46)43-20-17-32(29-11-14-31(15-12-29)49-22-7-6-18-41-37-34(48-5)24-40-27-42-37)35(25-43)50-26-28-9-10-30-13-16-36(45)44(33(30)23-28)19-8-21-47-4/h9-12,14-15,23-24,27,32,35H,6-8,13,16-22,25-26H2,1-5H3,(H,40,41,42).